The average Bonchev–Trinajstić information content (AvgIpc) is 2.40. The van der Waals surface area contributed by atoms with Crippen LogP contribution < -0.4 is 11.1 Å². The Morgan fingerprint density at radius 3 is 2.65 bits per heavy atom. The van der Waals surface area contributed by atoms with Crippen LogP contribution in [0.25, 0.3) is 10.8 Å². The summed E-state index contributed by atoms with van der Waals surface area (Å²) in [7, 11) is 0. The summed E-state index contributed by atoms with van der Waals surface area (Å²) in [5.41, 5.74) is 6.92. The summed E-state index contributed by atoms with van der Waals surface area (Å²) in [6.45, 7) is 3.87. The smallest absolute Gasteiger partial charge is 0.0419 e. The first-order valence-electron chi connectivity index (χ1n) is 6.27. The standard InChI is InChI=1S/C15H20N2/c1-2-12(10-16)11-17-15-9-5-7-13-6-3-4-8-14(13)15/h3-9,12,17H,2,10-11,16H2,1H3. The van der Waals surface area contributed by atoms with E-state index in [9.17, 15) is 0 Å². The van der Waals surface area contributed by atoms with E-state index in [1.807, 2.05) is 0 Å². The minimum Gasteiger partial charge on any atom is -0.384 e. The largest absolute Gasteiger partial charge is 0.384 e. The van der Waals surface area contributed by atoms with Crippen LogP contribution >= 0.6 is 0 Å². The quantitative estimate of drug-likeness (QED) is 0.824. The molecule has 0 amide bonds. The topological polar surface area (TPSA) is 38.0 Å². The van der Waals surface area contributed by atoms with E-state index in [2.05, 4.69) is 54.7 Å². The maximum absolute atomic E-state index is 5.72. The SMILES string of the molecule is CCC(CN)CNc1cccc2ccccc12. The molecular weight excluding hydrogens is 208 g/mol. The van der Waals surface area contributed by atoms with Gasteiger partial charge in [-0.2, -0.15) is 0 Å². The number of rotatable bonds is 5. The zero-order valence-electron chi connectivity index (χ0n) is 10.3. The molecule has 0 aromatic heterocycles. The molecule has 0 fully saturated rings. The second kappa shape index (κ2) is 5.69. The van der Waals surface area contributed by atoms with Crippen LogP contribution in [0, 0.1) is 5.92 Å². The summed E-state index contributed by atoms with van der Waals surface area (Å²) in [5, 5.41) is 6.07. The Balaban J connectivity index is 2.18. The first kappa shape index (κ1) is 11.9. The second-order valence-corrected chi connectivity index (χ2v) is 4.42. The van der Waals surface area contributed by atoms with Crippen LogP contribution in [0.3, 0.4) is 0 Å². The van der Waals surface area contributed by atoms with Crippen LogP contribution in [0.15, 0.2) is 42.5 Å². The maximum Gasteiger partial charge on any atom is 0.0419 e. The van der Waals surface area contributed by atoms with Gasteiger partial charge in [-0.25, -0.2) is 0 Å². The maximum atomic E-state index is 5.72. The molecular formula is C15H20N2. The van der Waals surface area contributed by atoms with Gasteiger partial charge in [0.25, 0.3) is 0 Å². The minimum absolute atomic E-state index is 0.550. The molecule has 2 nitrogen and oxygen atoms in total. The zero-order chi connectivity index (χ0) is 12.1. The molecule has 0 aliphatic carbocycles. The van der Waals surface area contributed by atoms with Gasteiger partial charge in [-0.15, -0.1) is 0 Å². The number of hydrogen-bond acceptors (Lipinski definition) is 2. The Hall–Kier alpha value is -1.54. The Bertz CT molecular complexity index is 470. The van der Waals surface area contributed by atoms with Gasteiger partial charge in [0.2, 0.25) is 0 Å². The highest BCUT2D eigenvalue weighted by molar-refractivity contribution is 5.93. The fraction of sp³-hybridized carbons (Fsp3) is 0.333. The van der Waals surface area contributed by atoms with Crippen molar-refractivity contribution in [3.8, 4) is 0 Å². The lowest BCUT2D eigenvalue weighted by Crippen LogP contribution is -2.22. The van der Waals surface area contributed by atoms with Gasteiger partial charge in [0.15, 0.2) is 0 Å². The van der Waals surface area contributed by atoms with Crippen LogP contribution in [0.4, 0.5) is 5.69 Å². The molecule has 2 rings (SSSR count). The fourth-order valence-electron chi connectivity index (χ4n) is 2.03. The van der Waals surface area contributed by atoms with Gasteiger partial charge in [-0.3, -0.25) is 0 Å². The lowest BCUT2D eigenvalue weighted by molar-refractivity contribution is 0.549. The van der Waals surface area contributed by atoms with Crippen molar-refractivity contribution >= 4 is 16.5 Å². The third-order valence-corrected chi connectivity index (χ3v) is 3.28. The van der Waals surface area contributed by atoms with Gasteiger partial charge in [-0.05, 0) is 23.9 Å². The highest BCUT2D eigenvalue weighted by atomic mass is 14.9. The molecule has 0 saturated heterocycles. The summed E-state index contributed by atoms with van der Waals surface area (Å²) in [5.74, 6) is 0.550. The molecule has 3 N–H and O–H groups in total. The average molecular weight is 228 g/mol. The number of nitrogens with two attached hydrogens (primary N) is 1. The molecule has 0 saturated carbocycles. The van der Waals surface area contributed by atoms with Crippen molar-refractivity contribution in [3.05, 3.63) is 42.5 Å². The molecule has 0 bridgehead atoms. The molecule has 0 aliphatic rings. The van der Waals surface area contributed by atoms with Crippen LogP contribution in [0.2, 0.25) is 0 Å². The normalized spacial score (nSPS) is 12.6. The summed E-state index contributed by atoms with van der Waals surface area (Å²) in [4.78, 5) is 0. The first-order valence-corrected chi connectivity index (χ1v) is 6.27. The number of hydrogen-bond donors (Lipinski definition) is 2. The van der Waals surface area contributed by atoms with Crippen molar-refractivity contribution in [1.29, 1.82) is 0 Å². The van der Waals surface area contributed by atoms with Crippen molar-refractivity contribution in [2.24, 2.45) is 11.7 Å². The summed E-state index contributed by atoms with van der Waals surface area (Å²) in [6.07, 6.45) is 1.12. The summed E-state index contributed by atoms with van der Waals surface area (Å²) < 4.78 is 0. The van der Waals surface area contributed by atoms with Gasteiger partial charge in [-0.1, -0.05) is 49.7 Å². The Kier molecular flexibility index (Phi) is 3.99. The van der Waals surface area contributed by atoms with E-state index < -0.39 is 0 Å². The van der Waals surface area contributed by atoms with Gasteiger partial charge in [0.05, 0.1) is 0 Å². The van der Waals surface area contributed by atoms with Gasteiger partial charge in [0.1, 0.15) is 0 Å². The van der Waals surface area contributed by atoms with Gasteiger partial charge >= 0.3 is 0 Å². The van der Waals surface area contributed by atoms with E-state index in [0.29, 0.717) is 5.92 Å². The lowest BCUT2D eigenvalue weighted by Gasteiger charge is -2.15. The highest BCUT2D eigenvalue weighted by Gasteiger charge is 2.04. The Labute approximate surface area is 103 Å². The Morgan fingerprint density at radius 1 is 1.12 bits per heavy atom. The summed E-state index contributed by atoms with van der Waals surface area (Å²) >= 11 is 0. The molecule has 1 unspecified atom stereocenters. The van der Waals surface area contributed by atoms with Crippen LogP contribution in [-0.4, -0.2) is 13.1 Å². The second-order valence-electron chi connectivity index (χ2n) is 4.42. The van der Waals surface area contributed by atoms with E-state index in [0.717, 1.165) is 19.5 Å². The highest BCUT2D eigenvalue weighted by Crippen LogP contribution is 2.23. The predicted molar refractivity (Wildman–Crippen MR) is 75.3 cm³/mol. The van der Waals surface area contributed by atoms with E-state index >= 15 is 0 Å². The van der Waals surface area contributed by atoms with E-state index in [1.165, 1.54) is 16.5 Å². The van der Waals surface area contributed by atoms with Crippen molar-refractivity contribution in [3.63, 3.8) is 0 Å². The van der Waals surface area contributed by atoms with Crippen molar-refractivity contribution in [1.82, 2.24) is 0 Å². The number of fused-ring (bicyclic) bond motifs is 1. The van der Waals surface area contributed by atoms with Crippen molar-refractivity contribution in [2.75, 3.05) is 18.4 Å². The molecule has 2 aromatic rings. The Morgan fingerprint density at radius 2 is 1.88 bits per heavy atom. The number of benzene rings is 2. The third kappa shape index (κ3) is 2.77. The fourth-order valence-corrected chi connectivity index (χ4v) is 2.03. The van der Waals surface area contributed by atoms with Crippen molar-refractivity contribution < 1.29 is 0 Å². The molecule has 17 heavy (non-hydrogen) atoms. The van der Waals surface area contributed by atoms with Crippen LogP contribution in [0.5, 0.6) is 0 Å². The third-order valence-electron chi connectivity index (χ3n) is 3.28. The van der Waals surface area contributed by atoms with E-state index in [4.69, 9.17) is 5.73 Å². The van der Waals surface area contributed by atoms with Gasteiger partial charge < -0.3 is 11.1 Å². The molecule has 0 radical (unpaired) electrons. The monoisotopic (exact) mass is 228 g/mol. The van der Waals surface area contributed by atoms with E-state index in [-0.39, 0.29) is 0 Å². The number of anilines is 1. The van der Waals surface area contributed by atoms with Crippen LogP contribution in [-0.2, 0) is 0 Å². The molecule has 2 heteroatoms. The molecule has 90 valence electrons. The molecule has 0 spiro atoms. The molecule has 0 aliphatic heterocycles. The minimum atomic E-state index is 0.550. The van der Waals surface area contributed by atoms with Crippen LogP contribution in [0.1, 0.15) is 13.3 Å². The van der Waals surface area contributed by atoms with Gasteiger partial charge in [0, 0.05) is 17.6 Å². The molecule has 2 aromatic carbocycles. The molecule has 0 heterocycles. The molecule has 1 atom stereocenters. The zero-order valence-corrected chi connectivity index (χ0v) is 10.3. The predicted octanol–water partition coefficient (Wildman–Crippen LogP) is 3.24. The lowest BCUT2D eigenvalue weighted by atomic mass is 10.1. The van der Waals surface area contributed by atoms with Crippen molar-refractivity contribution in [2.45, 2.75) is 13.3 Å². The van der Waals surface area contributed by atoms with E-state index in [1.54, 1.807) is 0 Å². The summed E-state index contributed by atoms with van der Waals surface area (Å²) in [6, 6.07) is 14.8. The first-order chi connectivity index (χ1) is 8.35. The number of nitrogens with one attached hydrogen (secondary N) is 1.